The van der Waals surface area contributed by atoms with Gasteiger partial charge in [-0.1, -0.05) is 37.3 Å². The number of benzene rings is 2. The SMILES string of the molecule is CC1CCc2nc3ccccc3c(C(=O)OCC(=O)Nc3ccccc3SCC#N)c2C1. The van der Waals surface area contributed by atoms with Crippen LogP contribution in [0.5, 0.6) is 0 Å². The van der Waals surface area contributed by atoms with E-state index in [1.807, 2.05) is 36.4 Å². The number of nitriles is 1. The molecular weight excluding hydrogens is 422 g/mol. The van der Waals surface area contributed by atoms with Crippen molar-refractivity contribution in [1.82, 2.24) is 4.98 Å². The predicted molar refractivity (Wildman–Crippen MR) is 125 cm³/mol. The Bertz CT molecular complexity index is 1220. The molecule has 4 rings (SSSR count). The van der Waals surface area contributed by atoms with Gasteiger partial charge < -0.3 is 10.1 Å². The Morgan fingerprint density at radius 2 is 2.00 bits per heavy atom. The molecule has 32 heavy (non-hydrogen) atoms. The Hall–Kier alpha value is -3.37. The number of carbonyl (C=O) groups excluding carboxylic acids is 2. The Morgan fingerprint density at radius 3 is 2.84 bits per heavy atom. The van der Waals surface area contributed by atoms with Gasteiger partial charge in [0.15, 0.2) is 6.61 Å². The van der Waals surface area contributed by atoms with Crippen molar-refractivity contribution in [3.63, 3.8) is 0 Å². The number of esters is 1. The van der Waals surface area contributed by atoms with E-state index in [-0.39, 0.29) is 5.75 Å². The predicted octanol–water partition coefficient (Wildman–Crippen LogP) is 4.77. The highest BCUT2D eigenvalue weighted by Gasteiger charge is 2.26. The van der Waals surface area contributed by atoms with E-state index in [1.165, 1.54) is 11.8 Å². The maximum Gasteiger partial charge on any atom is 0.339 e. The number of aryl methyl sites for hydroxylation is 1. The van der Waals surface area contributed by atoms with Crippen LogP contribution >= 0.6 is 11.8 Å². The fourth-order valence-electron chi connectivity index (χ4n) is 3.99. The zero-order valence-electron chi connectivity index (χ0n) is 17.8. The number of anilines is 1. The number of ether oxygens (including phenoxy) is 1. The van der Waals surface area contributed by atoms with Gasteiger partial charge in [-0.3, -0.25) is 9.78 Å². The number of aromatic nitrogens is 1. The molecule has 0 radical (unpaired) electrons. The summed E-state index contributed by atoms with van der Waals surface area (Å²) < 4.78 is 5.45. The van der Waals surface area contributed by atoms with Crippen LogP contribution in [0.2, 0.25) is 0 Å². The molecule has 0 saturated heterocycles. The maximum atomic E-state index is 13.1. The van der Waals surface area contributed by atoms with Crippen LogP contribution in [0.3, 0.4) is 0 Å². The third kappa shape index (κ3) is 4.76. The molecule has 1 aromatic heterocycles. The average molecular weight is 446 g/mol. The van der Waals surface area contributed by atoms with E-state index in [4.69, 9.17) is 15.0 Å². The monoisotopic (exact) mass is 445 g/mol. The first-order valence-corrected chi connectivity index (χ1v) is 11.5. The van der Waals surface area contributed by atoms with Crippen LogP contribution in [-0.2, 0) is 22.4 Å². The van der Waals surface area contributed by atoms with E-state index >= 15 is 0 Å². The van der Waals surface area contributed by atoms with Crippen LogP contribution in [0.4, 0.5) is 5.69 Å². The quantitative estimate of drug-likeness (QED) is 0.434. The molecule has 1 amide bonds. The summed E-state index contributed by atoms with van der Waals surface area (Å²) >= 11 is 1.34. The summed E-state index contributed by atoms with van der Waals surface area (Å²) in [6.45, 7) is 1.78. The van der Waals surface area contributed by atoms with Crippen molar-refractivity contribution in [2.45, 2.75) is 31.1 Å². The van der Waals surface area contributed by atoms with Crippen molar-refractivity contribution in [2.24, 2.45) is 5.92 Å². The molecular formula is C25H23N3O3S. The Balaban J connectivity index is 1.52. The number of nitrogens with zero attached hydrogens (tertiary/aromatic N) is 2. The number of thioether (sulfide) groups is 1. The molecule has 0 spiro atoms. The van der Waals surface area contributed by atoms with Gasteiger partial charge in [0.05, 0.1) is 28.6 Å². The Morgan fingerprint density at radius 1 is 1.22 bits per heavy atom. The van der Waals surface area contributed by atoms with Crippen LogP contribution in [0.25, 0.3) is 10.9 Å². The Labute approximate surface area is 191 Å². The van der Waals surface area contributed by atoms with Crippen molar-refractivity contribution in [2.75, 3.05) is 17.7 Å². The number of hydrogen-bond donors (Lipinski definition) is 1. The standard InChI is InChI=1S/C25H23N3O3S/c1-16-10-11-20-18(14-16)24(17-6-2-3-7-19(17)27-20)25(30)31-15-23(29)28-21-8-4-5-9-22(21)32-13-12-26/h2-9,16H,10-11,13-15H2,1H3,(H,28,29). The molecule has 6 nitrogen and oxygen atoms in total. The van der Waals surface area contributed by atoms with Gasteiger partial charge in [-0.05, 0) is 48.9 Å². The molecule has 1 heterocycles. The first kappa shape index (κ1) is 21.8. The number of rotatable bonds is 6. The highest BCUT2D eigenvalue weighted by molar-refractivity contribution is 7.99. The first-order valence-electron chi connectivity index (χ1n) is 10.5. The second-order valence-corrected chi connectivity index (χ2v) is 8.86. The minimum Gasteiger partial charge on any atom is -0.452 e. The fraction of sp³-hybridized carbons (Fsp3) is 0.280. The number of amides is 1. The van der Waals surface area contributed by atoms with Crippen LogP contribution in [-0.4, -0.2) is 29.2 Å². The van der Waals surface area contributed by atoms with E-state index in [1.54, 1.807) is 12.1 Å². The second kappa shape index (κ2) is 9.84. The smallest absolute Gasteiger partial charge is 0.339 e. The number of pyridine rings is 1. The average Bonchev–Trinajstić information content (AvgIpc) is 2.80. The zero-order chi connectivity index (χ0) is 22.5. The van der Waals surface area contributed by atoms with Gasteiger partial charge in [0.25, 0.3) is 5.91 Å². The minimum absolute atomic E-state index is 0.278. The van der Waals surface area contributed by atoms with E-state index in [0.717, 1.165) is 46.3 Å². The maximum absolute atomic E-state index is 13.1. The van der Waals surface area contributed by atoms with E-state index < -0.39 is 18.5 Å². The number of carbonyl (C=O) groups is 2. The van der Waals surface area contributed by atoms with Crippen molar-refractivity contribution in [3.8, 4) is 6.07 Å². The van der Waals surface area contributed by atoms with E-state index in [9.17, 15) is 9.59 Å². The van der Waals surface area contributed by atoms with Crippen LogP contribution in [0.15, 0.2) is 53.4 Å². The molecule has 3 aromatic rings. The number of hydrogen-bond acceptors (Lipinski definition) is 6. The van der Waals surface area contributed by atoms with Gasteiger partial charge in [-0.2, -0.15) is 5.26 Å². The third-order valence-electron chi connectivity index (χ3n) is 5.50. The third-order valence-corrected chi connectivity index (χ3v) is 6.44. The molecule has 1 aliphatic rings. The summed E-state index contributed by atoms with van der Waals surface area (Å²) in [6.07, 6.45) is 2.64. The lowest BCUT2D eigenvalue weighted by atomic mass is 9.84. The molecule has 0 aliphatic heterocycles. The summed E-state index contributed by atoms with van der Waals surface area (Å²) in [7, 11) is 0. The van der Waals surface area contributed by atoms with Gasteiger partial charge in [0.1, 0.15) is 0 Å². The molecule has 1 atom stereocenters. The van der Waals surface area contributed by atoms with Crippen LogP contribution in [0.1, 0.15) is 35.0 Å². The number of fused-ring (bicyclic) bond motifs is 2. The van der Waals surface area contributed by atoms with Crippen molar-refractivity contribution >= 4 is 40.2 Å². The van der Waals surface area contributed by atoms with Gasteiger partial charge in [-0.15, -0.1) is 11.8 Å². The first-order chi connectivity index (χ1) is 15.6. The lowest BCUT2D eigenvalue weighted by Gasteiger charge is -2.24. The largest absolute Gasteiger partial charge is 0.452 e. The summed E-state index contributed by atoms with van der Waals surface area (Å²) in [5.41, 5.74) is 3.76. The van der Waals surface area contributed by atoms with Gasteiger partial charge in [0, 0.05) is 16.0 Å². The Kier molecular flexibility index (Phi) is 6.72. The van der Waals surface area contributed by atoms with Gasteiger partial charge in [0.2, 0.25) is 0 Å². The molecule has 0 bridgehead atoms. The summed E-state index contributed by atoms with van der Waals surface area (Å²) in [5.74, 6) is -0.191. The fourth-order valence-corrected chi connectivity index (χ4v) is 4.66. The number of nitrogens with one attached hydrogen (secondary N) is 1. The zero-order valence-corrected chi connectivity index (χ0v) is 18.6. The minimum atomic E-state index is -0.503. The van der Waals surface area contributed by atoms with Crippen LogP contribution < -0.4 is 5.32 Å². The van der Waals surface area contributed by atoms with E-state index in [0.29, 0.717) is 17.2 Å². The summed E-state index contributed by atoms with van der Waals surface area (Å²) in [6, 6.07) is 16.9. The molecule has 1 unspecified atom stereocenters. The molecule has 1 N–H and O–H groups in total. The van der Waals surface area contributed by atoms with Crippen LogP contribution in [0, 0.1) is 17.2 Å². The topological polar surface area (TPSA) is 92.1 Å². The lowest BCUT2D eigenvalue weighted by molar-refractivity contribution is -0.119. The molecule has 0 saturated carbocycles. The molecule has 162 valence electrons. The van der Waals surface area contributed by atoms with Gasteiger partial charge >= 0.3 is 5.97 Å². The van der Waals surface area contributed by atoms with Crippen molar-refractivity contribution in [1.29, 1.82) is 5.26 Å². The van der Waals surface area contributed by atoms with Crippen molar-refractivity contribution in [3.05, 3.63) is 65.4 Å². The van der Waals surface area contributed by atoms with Gasteiger partial charge in [-0.25, -0.2) is 4.79 Å². The summed E-state index contributed by atoms with van der Waals surface area (Å²) in [4.78, 5) is 31.2. The van der Waals surface area contributed by atoms with Crippen molar-refractivity contribution < 1.29 is 14.3 Å². The highest BCUT2D eigenvalue weighted by Crippen LogP contribution is 2.32. The lowest BCUT2D eigenvalue weighted by Crippen LogP contribution is -2.23. The summed E-state index contributed by atoms with van der Waals surface area (Å²) in [5, 5.41) is 12.3. The highest BCUT2D eigenvalue weighted by atomic mass is 32.2. The molecule has 7 heteroatoms. The molecule has 2 aromatic carbocycles. The number of para-hydroxylation sites is 2. The molecule has 0 fully saturated rings. The second-order valence-electron chi connectivity index (χ2n) is 7.84. The van der Waals surface area contributed by atoms with E-state index in [2.05, 4.69) is 18.3 Å². The molecule has 1 aliphatic carbocycles. The normalized spacial score (nSPS) is 14.9.